The molecule has 1 amide bonds. The van der Waals surface area contributed by atoms with Gasteiger partial charge in [-0.15, -0.1) is 21.5 Å². The summed E-state index contributed by atoms with van der Waals surface area (Å²) in [5, 5.41) is 15.0. The summed E-state index contributed by atoms with van der Waals surface area (Å²) >= 11 is 4.50. The summed E-state index contributed by atoms with van der Waals surface area (Å²) in [5.41, 5.74) is 0. The van der Waals surface area contributed by atoms with Gasteiger partial charge in [0.2, 0.25) is 22.8 Å². The standard InChI is InChI=1S/C15H15N5O2S3/c1-8(13-16-12(19-22-13)11-4-3-7-23-11)24-15-18-17-14(25-15)20(9(2)21)10-5-6-10/h3-4,7-8,10H,5-6H2,1-2H3. The van der Waals surface area contributed by atoms with E-state index in [9.17, 15) is 4.79 Å². The third-order valence-corrected chi connectivity index (χ3v) is 6.62. The van der Waals surface area contributed by atoms with Gasteiger partial charge in [-0.25, -0.2) is 0 Å². The molecule has 0 aromatic carbocycles. The lowest BCUT2D eigenvalue weighted by atomic mass is 10.4. The Morgan fingerprint density at radius 2 is 2.28 bits per heavy atom. The molecule has 1 saturated carbocycles. The van der Waals surface area contributed by atoms with Crippen molar-refractivity contribution in [3.8, 4) is 10.7 Å². The highest BCUT2D eigenvalue weighted by Gasteiger charge is 2.34. The molecule has 4 rings (SSSR count). The van der Waals surface area contributed by atoms with Crippen molar-refractivity contribution in [1.29, 1.82) is 0 Å². The van der Waals surface area contributed by atoms with E-state index in [1.807, 2.05) is 24.4 Å². The van der Waals surface area contributed by atoms with Gasteiger partial charge in [0.25, 0.3) is 0 Å². The summed E-state index contributed by atoms with van der Waals surface area (Å²) < 4.78 is 6.16. The number of nitrogens with zero attached hydrogens (tertiary/aromatic N) is 5. The number of aromatic nitrogens is 4. The van der Waals surface area contributed by atoms with Crippen LogP contribution in [0.3, 0.4) is 0 Å². The van der Waals surface area contributed by atoms with Crippen LogP contribution >= 0.6 is 34.4 Å². The van der Waals surface area contributed by atoms with Crippen molar-refractivity contribution in [1.82, 2.24) is 20.3 Å². The second kappa shape index (κ2) is 6.85. The zero-order chi connectivity index (χ0) is 17.4. The summed E-state index contributed by atoms with van der Waals surface area (Å²) in [6, 6.07) is 4.20. The highest BCUT2D eigenvalue weighted by Crippen LogP contribution is 2.40. The minimum atomic E-state index is -0.0475. The fraction of sp³-hybridized carbons (Fsp3) is 0.400. The highest BCUT2D eigenvalue weighted by molar-refractivity contribution is 8.01. The summed E-state index contributed by atoms with van der Waals surface area (Å²) in [6.07, 6.45) is 2.07. The Kier molecular flexibility index (Phi) is 4.57. The Balaban J connectivity index is 1.46. The van der Waals surface area contributed by atoms with Crippen molar-refractivity contribution in [2.45, 2.75) is 42.3 Å². The van der Waals surface area contributed by atoms with Gasteiger partial charge in [0.1, 0.15) is 0 Å². The molecule has 1 fully saturated rings. The quantitative estimate of drug-likeness (QED) is 0.462. The van der Waals surface area contributed by atoms with E-state index in [2.05, 4.69) is 20.3 Å². The number of hydrogen-bond donors (Lipinski definition) is 0. The zero-order valence-corrected chi connectivity index (χ0v) is 16.0. The minimum absolute atomic E-state index is 0.0146. The first-order valence-electron chi connectivity index (χ1n) is 7.79. The second-order valence-corrected chi connectivity index (χ2v) is 9.16. The maximum Gasteiger partial charge on any atom is 0.240 e. The van der Waals surface area contributed by atoms with Crippen LogP contribution in [0.2, 0.25) is 0 Å². The van der Waals surface area contributed by atoms with Gasteiger partial charge in [-0.3, -0.25) is 9.69 Å². The maximum atomic E-state index is 11.8. The van der Waals surface area contributed by atoms with E-state index in [-0.39, 0.29) is 17.2 Å². The monoisotopic (exact) mass is 393 g/mol. The Bertz CT molecular complexity index is 872. The molecule has 3 heterocycles. The number of amides is 1. The van der Waals surface area contributed by atoms with Crippen molar-refractivity contribution in [3.05, 3.63) is 23.4 Å². The molecule has 1 atom stereocenters. The number of thioether (sulfide) groups is 1. The van der Waals surface area contributed by atoms with Gasteiger partial charge in [0, 0.05) is 13.0 Å². The Hall–Kier alpha value is -1.78. The van der Waals surface area contributed by atoms with Crippen molar-refractivity contribution < 1.29 is 9.32 Å². The SMILES string of the molecule is CC(=O)N(c1nnc(SC(C)c2nc(-c3cccs3)no2)s1)C1CC1. The number of anilines is 1. The number of thiophene rings is 1. The second-order valence-electron chi connectivity index (χ2n) is 5.66. The Labute approximate surface area is 156 Å². The summed E-state index contributed by atoms with van der Waals surface area (Å²) in [7, 11) is 0. The van der Waals surface area contributed by atoms with Crippen LogP contribution in [0.5, 0.6) is 0 Å². The van der Waals surface area contributed by atoms with Gasteiger partial charge in [-0.05, 0) is 31.2 Å². The fourth-order valence-electron chi connectivity index (χ4n) is 2.34. The molecule has 25 heavy (non-hydrogen) atoms. The summed E-state index contributed by atoms with van der Waals surface area (Å²) in [4.78, 5) is 19.0. The number of hydrogen-bond acceptors (Lipinski definition) is 9. The molecular formula is C15H15N5O2S3. The van der Waals surface area contributed by atoms with Gasteiger partial charge in [0.05, 0.1) is 10.1 Å². The molecule has 0 spiro atoms. The van der Waals surface area contributed by atoms with Gasteiger partial charge in [-0.2, -0.15) is 4.98 Å². The van der Waals surface area contributed by atoms with Crippen LogP contribution in [0.15, 0.2) is 26.4 Å². The molecule has 0 aliphatic heterocycles. The predicted molar refractivity (Wildman–Crippen MR) is 98.0 cm³/mol. The third kappa shape index (κ3) is 3.60. The van der Waals surface area contributed by atoms with Crippen molar-refractivity contribution in [3.63, 3.8) is 0 Å². The van der Waals surface area contributed by atoms with E-state index in [1.165, 1.54) is 23.1 Å². The van der Waals surface area contributed by atoms with E-state index in [1.54, 1.807) is 23.2 Å². The van der Waals surface area contributed by atoms with Crippen LogP contribution in [0.1, 0.15) is 37.8 Å². The molecular weight excluding hydrogens is 378 g/mol. The smallest absolute Gasteiger partial charge is 0.240 e. The molecule has 0 bridgehead atoms. The average Bonchev–Trinajstić information content (AvgIpc) is 3.02. The topological polar surface area (TPSA) is 85.0 Å². The van der Waals surface area contributed by atoms with Gasteiger partial charge in [0.15, 0.2) is 4.34 Å². The largest absolute Gasteiger partial charge is 0.338 e. The summed E-state index contributed by atoms with van der Waals surface area (Å²) in [5.74, 6) is 1.17. The molecule has 0 saturated heterocycles. The molecule has 3 aromatic heterocycles. The normalized spacial score (nSPS) is 15.3. The van der Waals surface area contributed by atoms with Crippen LogP contribution in [-0.2, 0) is 4.79 Å². The van der Waals surface area contributed by atoms with Crippen LogP contribution in [-0.4, -0.2) is 32.3 Å². The van der Waals surface area contributed by atoms with E-state index in [0.717, 1.165) is 22.1 Å². The molecule has 1 aliphatic carbocycles. The molecule has 0 N–H and O–H groups in total. The lowest BCUT2D eigenvalue weighted by Gasteiger charge is -2.15. The van der Waals surface area contributed by atoms with E-state index in [0.29, 0.717) is 16.8 Å². The molecule has 1 unspecified atom stereocenters. The van der Waals surface area contributed by atoms with Crippen LogP contribution in [0.4, 0.5) is 5.13 Å². The lowest BCUT2D eigenvalue weighted by molar-refractivity contribution is -0.116. The fourth-order valence-corrected chi connectivity index (χ4v) is 5.12. The first-order valence-corrected chi connectivity index (χ1v) is 10.4. The highest BCUT2D eigenvalue weighted by atomic mass is 32.2. The lowest BCUT2D eigenvalue weighted by Crippen LogP contribution is -2.30. The van der Waals surface area contributed by atoms with E-state index >= 15 is 0 Å². The number of carbonyl (C=O) groups excluding carboxylic acids is 1. The molecule has 7 nitrogen and oxygen atoms in total. The first-order chi connectivity index (χ1) is 12.1. The molecule has 10 heteroatoms. The third-order valence-electron chi connectivity index (χ3n) is 3.66. The predicted octanol–water partition coefficient (Wildman–Crippen LogP) is 4.02. The minimum Gasteiger partial charge on any atom is -0.338 e. The van der Waals surface area contributed by atoms with Crippen molar-refractivity contribution in [2.75, 3.05) is 4.90 Å². The van der Waals surface area contributed by atoms with Crippen molar-refractivity contribution >= 4 is 45.5 Å². The van der Waals surface area contributed by atoms with Gasteiger partial charge in [-0.1, -0.05) is 34.3 Å². The number of carbonyl (C=O) groups is 1. The van der Waals surface area contributed by atoms with E-state index in [4.69, 9.17) is 4.52 Å². The van der Waals surface area contributed by atoms with Crippen LogP contribution < -0.4 is 4.90 Å². The van der Waals surface area contributed by atoms with E-state index < -0.39 is 0 Å². The number of rotatable bonds is 6. The van der Waals surface area contributed by atoms with Gasteiger partial charge < -0.3 is 4.52 Å². The molecule has 1 aliphatic rings. The summed E-state index contributed by atoms with van der Waals surface area (Å²) in [6.45, 7) is 3.56. The zero-order valence-electron chi connectivity index (χ0n) is 13.6. The first kappa shape index (κ1) is 16.7. The van der Waals surface area contributed by atoms with Gasteiger partial charge >= 0.3 is 0 Å². The molecule has 130 valence electrons. The Morgan fingerprint density at radius 3 is 2.96 bits per heavy atom. The van der Waals surface area contributed by atoms with Crippen LogP contribution in [0.25, 0.3) is 10.7 Å². The average molecular weight is 394 g/mol. The molecule has 0 radical (unpaired) electrons. The van der Waals surface area contributed by atoms with Crippen LogP contribution in [0, 0.1) is 0 Å². The maximum absolute atomic E-state index is 11.8. The Morgan fingerprint density at radius 1 is 1.44 bits per heavy atom. The molecule has 3 aromatic rings. The van der Waals surface area contributed by atoms with Crippen molar-refractivity contribution in [2.24, 2.45) is 0 Å².